The van der Waals surface area contributed by atoms with E-state index in [4.69, 9.17) is 0 Å². The lowest BCUT2D eigenvalue weighted by atomic mass is 9.86. The van der Waals surface area contributed by atoms with Crippen molar-refractivity contribution in [1.29, 1.82) is 0 Å². The van der Waals surface area contributed by atoms with Crippen molar-refractivity contribution in [3.8, 4) is 0 Å². The average Bonchev–Trinajstić information content (AvgIpc) is 2.02. The van der Waals surface area contributed by atoms with Gasteiger partial charge in [-0.3, -0.25) is 4.98 Å². The average molecular weight is 159 g/mol. The highest BCUT2D eigenvalue weighted by Crippen LogP contribution is 2.23. The quantitative estimate of drug-likeness (QED) is 0.552. The Kier molecular flexibility index (Phi) is 1.53. The third kappa shape index (κ3) is 1.27. The number of nitrogens with zero attached hydrogens (tertiary/aromatic N) is 1. The Balaban J connectivity index is 2.72. The van der Waals surface area contributed by atoms with Crippen LogP contribution in [0.3, 0.4) is 0 Å². The molecule has 1 aromatic rings. The van der Waals surface area contributed by atoms with Gasteiger partial charge in [-0.25, -0.2) is 0 Å². The molecule has 0 bridgehead atoms. The van der Waals surface area contributed by atoms with Crippen LogP contribution >= 0.6 is 0 Å². The summed E-state index contributed by atoms with van der Waals surface area (Å²) < 4.78 is 0. The molecule has 1 aliphatic rings. The number of fused-ring (bicyclic) bond motifs is 1. The molecule has 1 aliphatic carbocycles. The molecule has 0 aromatic carbocycles. The molecule has 1 aromatic heterocycles. The molecule has 1 heterocycles. The second-order valence-corrected chi connectivity index (χ2v) is 4.02. The van der Waals surface area contributed by atoms with Crippen LogP contribution in [0.5, 0.6) is 0 Å². The number of pyridine rings is 1. The van der Waals surface area contributed by atoms with Gasteiger partial charge in [-0.2, -0.15) is 0 Å². The summed E-state index contributed by atoms with van der Waals surface area (Å²) in [5, 5.41) is 2.41. The van der Waals surface area contributed by atoms with Crippen molar-refractivity contribution in [2.24, 2.45) is 5.41 Å². The summed E-state index contributed by atoms with van der Waals surface area (Å²) in [6.07, 6.45) is 7.49. The Hall–Kier alpha value is -1.11. The van der Waals surface area contributed by atoms with E-state index in [-0.39, 0.29) is 5.41 Å². The molecule has 0 N–H and O–H groups in total. The zero-order valence-corrected chi connectivity index (χ0v) is 7.54. The standard InChI is InChI=1S/C11H13N/c1-11(2)6-5-9-4-3-7-12-10(9)8-11/h3-5,7-8H,6H2,1-2H3. The van der Waals surface area contributed by atoms with Gasteiger partial charge in [0.05, 0.1) is 5.35 Å². The molecule has 0 saturated carbocycles. The highest BCUT2D eigenvalue weighted by atomic mass is 14.6. The van der Waals surface area contributed by atoms with Crippen LogP contribution in [0.4, 0.5) is 0 Å². The fraction of sp³-hybridized carbons (Fsp3) is 0.364. The first-order chi connectivity index (χ1) is 5.67. The zero-order valence-electron chi connectivity index (χ0n) is 7.54. The van der Waals surface area contributed by atoms with E-state index in [1.165, 1.54) is 5.22 Å². The van der Waals surface area contributed by atoms with Crippen molar-refractivity contribution >= 4 is 12.2 Å². The molecular formula is C11H13N. The largest absolute Gasteiger partial charge is 0.257 e. The van der Waals surface area contributed by atoms with E-state index in [1.54, 1.807) is 0 Å². The van der Waals surface area contributed by atoms with E-state index in [1.807, 2.05) is 12.3 Å². The highest BCUT2D eigenvalue weighted by Gasteiger charge is 2.14. The molecule has 0 atom stereocenters. The predicted octanol–water partition coefficient (Wildman–Crippen LogP) is 1.07. The van der Waals surface area contributed by atoms with E-state index in [9.17, 15) is 0 Å². The van der Waals surface area contributed by atoms with Crippen molar-refractivity contribution in [2.45, 2.75) is 20.3 Å². The molecule has 0 saturated heterocycles. The van der Waals surface area contributed by atoms with Crippen LogP contribution in [-0.2, 0) is 0 Å². The maximum atomic E-state index is 4.33. The monoisotopic (exact) mass is 159 g/mol. The van der Waals surface area contributed by atoms with Gasteiger partial charge in [0.25, 0.3) is 0 Å². The molecule has 0 fully saturated rings. The predicted molar refractivity (Wildman–Crippen MR) is 50.8 cm³/mol. The van der Waals surface area contributed by atoms with E-state index in [0.717, 1.165) is 11.8 Å². The molecule has 0 amide bonds. The molecule has 0 aliphatic heterocycles. The smallest absolute Gasteiger partial charge is 0.0664 e. The van der Waals surface area contributed by atoms with E-state index >= 15 is 0 Å². The fourth-order valence-corrected chi connectivity index (χ4v) is 1.53. The molecule has 2 rings (SSSR count). The maximum Gasteiger partial charge on any atom is 0.0664 e. The van der Waals surface area contributed by atoms with Crippen LogP contribution in [-0.4, -0.2) is 4.98 Å². The van der Waals surface area contributed by atoms with Gasteiger partial charge in [0.2, 0.25) is 0 Å². The fourth-order valence-electron chi connectivity index (χ4n) is 1.53. The Morgan fingerprint density at radius 2 is 2.25 bits per heavy atom. The summed E-state index contributed by atoms with van der Waals surface area (Å²) in [5.74, 6) is 0. The van der Waals surface area contributed by atoms with Gasteiger partial charge in [-0.1, -0.05) is 32.1 Å². The third-order valence-corrected chi connectivity index (χ3v) is 2.25. The minimum Gasteiger partial charge on any atom is -0.257 e. The van der Waals surface area contributed by atoms with Gasteiger partial charge >= 0.3 is 0 Å². The molecule has 0 radical (unpaired) electrons. The number of rotatable bonds is 0. The number of hydrogen-bond donors (Lipinski definition) is 0. The van der Waals surface area contributed by atoms with Crippen LogP contribution in [0, 0.1) is 5.41 Å². The lowest BCUT2D eigenvalue weighted by Gasteiger charge is -2.19. The summed E-state index contributed by atoms with van der Waals surface area (Å²) in [6.45, 7) is 4.47. The van der Waals surface area contributed by atoms with Gasteiger partial charge in [0, 0.05) is 6.20 Å². The first kappa shape index (κ1) is 7.53. The van der Waals surface area contributed by atoms with Gasteiger partial charge in [0.15, 0.2) is 0 Å². The molecule has 0 unspecified atom stereocenters. The SMILES string of the molecule is CC1(C)C=c2ncccc2=CC1. The van der Waals surface area contributed by atoms with Crippen molar-refractivity contribution in [2.75, 3.05) is 0 Å². The maximum absolute atomic E-state index is 4.33. The summed E-state index contributed by atoms with van der Waals surface area (Å²) in [7, 11) is 0. The highest BCUT2D eigenvalue weighted by molar-refractivity contribution is 5.41. The van der Waals surface area contributed by atoms with Crippen LogP contribution < -0.4 is 10.6 Å². The molecule has 1 nitrogen and oxygen atoms in total. The van der Waals surface area contributed by atoms with Crippen molar-refractivity contribution in [1.82, 2.24) is 4.98 Å². The van der Waals surface area contributed by atoms with Crippen LogP contribution in [0.15, 0.2) is 18.3 Å². The minimum absolute atomic E-state index is 0.279. The van der Waals surface area contributed by atoms with E-state index in [0.29, 0.717) is 0 Å². The first-order valence-electron chi connectivity index (χ1n) is 4.31. The van der Waals surface area contributed by atoms with Crippen LogP contribution in [0.2, 0.25) is 0 Å². The normalized spacial score (nSPS) is 18.8. The second-order valence-electron chi connectivity index (χ2n) is 4.02. The van der Waals surface area contributed by atoms with Crippen molar-refractivity contribution in [3.05, 3.63) is 28.9 Å². The van der Waals surface area contributed by atoms with Gasteiger partial charge in [-0.15, -0.1) is 0 Å². The van der Waals surface area contributed by atoms with Gasteiger partial charge < -0.3 is 0 Å². The molecule has 12 heavy (non-hydrogen) atoms. The molecule has 1 heteroatoms. The Labute approximate surface area is 72.5 Å². The second kappa shape index (κ2) is 2.44. The number of aromatic nitrogens is 1. The van der Waals surface area contributed by atoms with Crippen LogP contribution in [0.1, 0.15) is 20.3 Å². The topological polar surface area (TPSA) is 12.9 Å². The first-order valence-corrected chi connectivity index (χ1v) is 4.31. The van der Waals surface area contributed by atoms with Gasteiger partial charge in [0.1, 0.15) is 0 Å². The lowest BCUT2D eigenvalue weighted by Crippen LogP contribution is -2.33. The third-order valence-electron chi connectivity index (χ3n) is 2.25. The van der Waals surface area contributed by atoms with Crippen molar-refractivity contribution < 1.29 is 0 Å². The Morgan fingerprint density at radius 3 is 3.08 bits per heavy atom. The summed E-state index contributed by atoms with van der Waals surface area (Å²) >= 11 is 0. The minimum atomic E-state index is 0.279. The molecular weight excluding hydrogens is 146 g/mol. The molecule has 62 valence electrons. The Morgan fingerprint density at radius 1 is 1.42 bits per heavy atom. The molecule has 0 spiro atoms. The van der Waals surface area contributed by atoms with E-state index < -0.39 is 0 Å². The zero-order chi connectivity index (χ0) is 8.60. The summed E-state index contributed by atoms with van der Waals surface area (Å²) in [5.41, 5.74) is 0.279. The number of hydrogen-bond acceptors (Lipinski definition) is 1. The summed E-state index contributed by atoms with van der Waals surface area (Å²) in [6, 6.07) is 4.11. The van der Waals surface area contributed by atoms with Crippen LogP contribution in [0.25, 0.3) is 12.2 Å². The summed E-state index contributed by atoms with van der Waals surface area (Å²) in [4.78, 5) is 4.33. The van der Waals surface area contributed by atoms with Gasteiger partial charge in [-0.05, 0) is 23.1 Å². The Bertz CT molecular complexity index is 401. The van der Waals surface area contributed by atoms with E-state index in [2.05, 4.69) is 37.0 Å². The lowest BCUT2D eigenvalue weighted by molar-refractivity contribution is 0.533. The van der Waals surface area contributed by atoms with Crippen molar-refractivity contribution in [3.63, 3.8) is 0 Å².